The van der Waals surface area contributed by atoms with E-state index in [1.165, 1.54) is 5.57 Å². The molecule has 6 heteroatoms. The minimum atomic E-state index is 0.0690. The van der Waals surface area contributed by atoms with Gasteiger partial charge in [0.25, 0.3) is 5.91 Å². The molecule has 0 bridgehead atoms. The molecule has 1 aliphatic carbocycles. The summed E-state index contributed by atoms with van der Waals surface area (Å²) in [4.78, 5) is 31.9. The molecular weight excluding hydrogens is 318 g/mol. The molecule has 0 aromatic carbocycles. The fraction of sp³-hybridized carbons (Fsp3) is 0.789. The number of rotatable bonds is 6. The van der Waals surface area contributed by atoms with Gasteiger partial charge in [0.2, 0.25) is 5.91 Å². The third kappa shape index (κ3) is 3.90. The molecule has 0 N–H and O–H groups in total. The zero-order chi connectivity index (χ0) is 17.8. The van der Waals surface area contributed by atoms with Crippen LogP contribution in [-0.4, -0.2) is 85.5 Å². The third-order valence-electron chi connectivity index (χ3n) is 5.90. The molecule has 2 aliphatic heterocycles. The first-order chi connectivity index (χ1) is 12.2. The Hall–Kier alpha value is -1.40. The van der Waals surface area contributed by atoms with Crippen molar-refractivity contribution in [1.29, 1.82) is 0 Å². The molecule has 3 aliphatic rings. The molecule has 6 nitrogen and oxygen atoms in total. The van der Waals surface area contributed by atoms with Crippen LogP contribution in [0, 0.1) is 0 Å². The Balaban J connectivity index is 1.67. The van der Waals surface area contributed by atoms with Crippen molar-refractivity contribution in [3.05, 3.63) is 11.1 Å². The van der Waals surface area contributed by atoms with Crippen molar-refractivity contribution >= 4 is 11.8 Å². The molecule has 0 aromatic rings. The van der Waals surface area contributed by atoms with E-state index in [1.54, 1.807) is 7.11 Å². The number of hydrogen-bond donors (Lipinski definition) is 0. The van der Waals surface area contributed by atoms with E-state index in [0.29, 0.717) is 13.2 Å². The summed E-state index contributed by atoms with van der Waals surface area (Å²) in [5, 5.41) is 0. The summed E-state index contributed by atoms with van der Waals surface area (Å²) in [5.41, 5.74) is 2.01. The molecule has 0 spiro atoms. The van der Waals surface area contributed by atoms with Crippen LogP contribution in [0.4, 0.5) is 0 Å². The largest absolute Gasteiger partial charge is 0.383 e. The van der Waals surface area contributed by atoms with Crippen LogP contribution < -0.4 is 0 Å². The summed E-state index contributed by atoms with van der Waals surface area (Å²) >= 11 is 0. The summed E-state index contributed by atoms with van der Waals surface area (Å²) in [6.07, 6.45) is 4.55. The van der Waals surface area contributed by atoms with E-state index in [1.807, 2.05) is 9.80 Å². The molecule has 2 fully saturated rings. The molecule has 1 atom stereocenters. The Morgan fingerprint density at radius 3 is 2.64 bits per heavy atom. The van der Waals surface area contributed by atoms with Gasteiger partial charge in [0, 0.05) is 45.4 Å². The van der Waals surface area contributed by atoms with Gasteiger partial charge in [-0.15, -0.1) is 0 Å². The molecule has 1 unspecified atom stereocenters. The number of likely N-dealkylation sites (N-methyl/N-ethyl adjacent to an activating group) is 1. The molecular formula is C19H31N3O3. The van der Waals surface area contributed by atoms with Gasteiger partial charge in [-0.3, -0.25) is 9.59 Å². The highest BCUT2D eigenvalue weighted by atomic mass is 16.5. The number of carbonyl (C=O) groups excluding carboxylic acids is 2. The number of methoxy groups -OCH3 is 1. The fourth-order valence-electron chi connectivity index (χ4n) is 4.35. The first-order valence-corrected chi connectivity index (χ1v) is 9.67. The van der Waals surface area contributed by atoms with Gasteiger partial charge >= 0.3 is 0 Å². The van der Waals surface area contributed by atoms with E-state index in [9.17, 15) is 9.59 Å². The van der Waals surface area contributed by atoms with Gasteiger partial charge in [-0.1, -0.05) is 13.3 Å². The van der Waals surface area contributed by atoms with Crippen molar-refractivity contribution in [2.24, 2.45) is 0 Å². The molecule has 1 saturated heterocycles. The smallest absolute Gasteiger partial charge is 0.250 e. The van der Waals surface area contributed by atoms with E-state index in [4.69, 9.17) is 4.74 Å². The van der Waals surface area contributed by atoms with Crippen LogP contribution >= 0.6 is 0 Å². The van der Waals surface area contributed by atoms with Crippen LogP contribution in [0.1, 0.15) is 39.0 Å². The molecule has 3 rings (SSSR count). The number of fused-ring (bicyclic) bond motifs is 1. The predicted molar refractivity (Wildman–Crippen MR) is 96.2 cm³/mol. The third-order valence-corrected chi connectivity index (χ3v) is 5.90. The standard InChI is InChI=1S/C19H31N3O3/c1-3-20-8-10-21(11-9-20)18(23)14-16-15-6-4-5-7-17(15)22(19(16)24)12-13-25-2/h17H,3-14H2,1-2H3. The lowest BCUT2D eigenvalue weighted by atomic mass is 9.88. The quantitative estimate of drug-likeness (QED) is 0.725. The molecule has 1 saturated carbocycles. The second-order valence-corrected chi connectivity index (χ2v) is 7.25. The maximum Gasteiger partial charge on any atom is 0.250 e. The van der Waals surface area contributed by atoms with Crippen LogP contribution in [0.25, 0.3) is 0 Å². The number of carbonyl (C=O) groups is 2. The predicted octanol–water partition coefficient (Wildman–Crippen LogP) is 1.27. The van der Waals surface area contributed by atoms with Gasteiger partial charge in [-0.25, -0.2) is 0 Å². The minimum Gasteiger partial charge on any atom is -0.383 e. The topological polar surface area (TPSA) is 53.1 Å². The number of nitrogens with zero attached hydrogens (tertiary/aromatic N) is 3. The van der Waals surface area contributed by atoms with E-state index in [0.717, 1.165) is 64.0 Å². The average Bonchev–Trinajstić information content (AvgIpc) is 2.91. The first-order valence-electron chi connectivity index (χ1n) is 9.67. The molecule has 140 valence electrons. The first kappa shape index (κ1) is 18.4. The Kier molecular flexibility index (Phi) is 6.12. The molecule has 0 aromatic heterocycles. The summed E-state index contributed by atoms with van der Waals surface area (Å²) in [7, 11) is 1.66. The monoisotopic (exact) mass is 349 g/mol. The second-order valence-electron chi connectivity index (χ2n) is 7.25. The van der Waals surface area contributed by atoms with Crippen molar-refractivity contribution in [3.8, 4) is 0 Å². The SMILES string of the molecule is CCN1CCN(C(=O)CC2=C3CCCCC3N(CCOC)C2=O)CC1. The van der Waals surface area contributed by atoms with Crippen LogP contribution in [0.15, 0.2) is 11.1 Å². The molecule has 2 heterocycles. The fourth-order valence-corrected chi connectivity index (χ4v) is 4.35. The maximum absolute atomic E-state index is 12.9. The lowest BCUT2D eigenvalue weighted by molar-refractivity contribution is -0.134. The van der Waals surface area contributed by atoms with Crippen molar-refractivity contribution in [2.75, 3.05) is 53.0 Å². The van der Waals surface area contributed by atoms with Gasteiger partial charge < -0.3 is 19.4 Å². The van der Waals surface area contributed by atoms with E-state index in [2.05, 4.69) is 11.8 Å². The number of ether oxygens (including phenoxy) is 1. The number of amides is 2. The van der Waals surface area contributed by atoms with Crippen LogP contribution in [0.5, 0.6) is 0 Å². The van der Waals surface area contributed by atoms with Crippen molar-refractivity contribution in [1.82, 2.24) is 14.7 Å². The second kappa shape index (κ2) is 8.32. The number of piperazine rings is 1. The Morgan fingerprint density at radius 1 is 1.20 bits per heavy atom. The normalized spacial score (nSPS) is 24.9. The van der Waals surface area contributed by atoms with Gasteiger partial charge in [-0.05, 0) is 31.4 Å². The highest BCUT2D eigenvalue weighted by Crippen LogP contribution is 2.38. The lowest BCUT2D eigenvalue weighted by Gasteiger charge is -2.34. The van der Waals surface area contributed by atoms with Crippen molar-refractivity contribution in [3.63, 3.8) is 0 Å². The Bertz CT molecular complexity index is 538. The van der Waals surface area contributed by atoms with Gasteiger partial charge in [-0.2, -0.15) is 0 Å². The minimum absolute atomic E-state index is 0.0690. The molecule has 2 amide bonds. The van der Waals surface area contributed by atoms with Gasteiger partial charge in [0.1, 0.15) is 0 Å². The summed E-state index contributed by atoms with van der Waals surface area (Å²) in [6.45, 7) is 7.78. The van der Waals surface area contributed by atoms with E-state index >= 15 is 0 Å². The average molecular weight is 349 g/mol. The van der Waals surface area contributed by atoms with Crippen LogP contribution in [-0.2, 0) is 14.3 Å². The van der Waals surface area contributed by atoms with Crippen molar-refractivity contribution < 1.29 is 14.3 Å². The summed E-state index contributed by atoms with van der Waals surface area (Å²) in [6, 6.07) is 0.205. The van der Waals surface area contributed by atoms with E-state index < -0.39 is 0 Å². The molecule has 25 heavy (non-hydrogen) atoms. The van der Waals surface area contributed by atoms with Gasteiger partial charge in [0.15, 0.2) is 0 Å². The number of hydrogen-bond acceptors (Lipinski definition) is 4. The van der Waals surface area contributed by atoms with Crippen LogP contribution in [0.2, 0.25) is 0 Å². The molecule has 0 radical (unpaired) electrons. The maximum atomic E-state index is 12.9. The Labute approximate surface area is 150 Å². The highest BCUT2D eigenvalue weighted by Gasteiger charge is 2.40. The highest BCUT2D eigenvalue weighted by molar-refractivity contribution is 6.02. The zero-order valence-corrected chi connectivity index (χ0v) is 15.6. The lowest BCUT2D eigenvalue weighted by Crippen LogP contribution is -2.48. The van der Waals surface area contributed by atoms with Gasteiger partial charge in [0.05, 0.1) is 19.1 Å². The van der Waals surface area contributed by atoms with E-state index in [-0.39, 0.29) is 24.3 Å². The summed E-state index contributed by atoms with van der Waals surface area (Å²) in [5.74, 6) is 0.184. The van der Waals surface area contributed by atoms with Crippen LogP contribution in [0.3, 0.4) is 0 Å². The zero-order valence-electron chi connectivity index (χ0n) is 15.6. The van der Waals surface area contributed by atoms with Crippen molar-refractivity contribution in [2.45, 2.75) is 45.1 Å². The summed E-state index contributed by atoms with van der Waals surface area (Å²) < 4.78 is 5.17. The Morgan fingerprint density at radius 2 is 1.96 bits per heavy atom.